The lowest BCUT2D eigenvalue weighted by Gasteiger charge is -2.11. The zero-order valence-corrected chi connectivity index (χ0v) is 17.5. The van der Waals surface area contributed by atoms with Crippen LogP contribution in [0.4, 0.5) is 13.2 Å². The molecule has 0 radical (unpaired) electrons. The van der Waals surface area contributed by atoms with Crippen molar-refractivity contribution in [1.29, 1.82) is 0 Å². The molecule has 2 N–H and O–H groups in total. The number of aliphatic imine (C=N–C) groups is 1. The van der Waals surface area contributed by atoms with E-state index in [1.165, 1.54) is 0 Å². The van der Waals surface area contributed by atoms with Gasteiger partial charge in [0.2, 0.25) is 0 Å². The molecule has 0 aliphatic rings. The molecule has 2 aromatic rings. The summed E-state index contributed by atoms with van der Waals surface area (Å²) in [6.45, 7) is 3.53. The normalized spacial score (nSPS) is 11.9. The number of hydrogen-bond donors (Lipinski definition) is 2. The molecule has 0 aromatic carbocycles. The first-order valence-corrected chi connectivity index (χ1v) is 8.93. The van der Waals surface area contributed by atoms with Gasteiger partial charge in [-0.1, -0.05) is 13.3 Å². The van der Waals surface area contributed by atoms with Gasteiger partial charge in [-0.05, 0) is 18.6 Å². The maximum Gasteiger partial charge on any atom is 0.434 e. The average Bonchev–Trinajstić information content (AvgIpc) is 3.23. The van der Waals surface area contributed by atoms with E-state index in [9.17, 15) is 13.2 Å². The average molecular weight is 502 g/mol. The smallest absolute Gasteiger partial charge is 0.434 e. The molecule has 0 bridgehead atoms. The molecule has 146 valence electrons. The quantitative estimate of drug-likeness (QED) is 0.243. The summed E-state index contributed by atoms with van der Waals surface area (Å²) in [5, 5.41) is 7.67. The fraction of sp³-hybridized carbons (Fsp3) is 0.500. The van der Waals surface area contributed by atoms with E-state index < -0.39 is 11.9 Å². The molecule has 0 unspecified atom stereocenters. The van der Waals surface area contributed by atoms with Gasteiger partial charge in [0, 0.05) is 24.9 Å². The second-order valence-corrected chi connectivity index (χ2v) is 6.27. The van der Waals surface area contributed by atoms with Crippen LogP contribution in [0.1, 0.15) is 36.2 Å². The van der Waals surface area contributed by atoms with Crippen molar-refractivity contribution in [2.24, 2.45) is 4.99 Å². The van der Waals surface area contributed by atoms with Gasteiger partial charge in [0.1, 0.15) is 10.8 Å². The van der Waals surface area contributed by atoms with E-state index in [2.05, 4.69) is 27.5 Å². The SMILES string of the molecule is CCCCNC(=NCc1nc(C(F)(F)F)cs1)NCCc1ccco1.I. The van der Waals surface area contributed by atoms with Gasteiger partial charge in [-0.15, -0.1) is 35.3 Å². The van der Waals surface area contributed by atoms with Gasteiger partial charge < -0.3 is 15.1 Å². The number of alkyl halides is 3. The molecule has 0 spiro atoms. The second kappa shape index (κ2) is 11.4. The van der Waals surface area contributed by atoms with E-state index in [0.29, 0.717) is 23.9 Å². The van der Waals surface area contributed by atoms with Gasteiger partial charge in [0.05, 0.1) is 12.8 Å². The van der Waals surface area contributed by atoms with Gasteiger partial charge >= 0.3 is 6.18 Å². The lowest BCUT2D eigenvalue weighted by atomic mass is 10.3. The minimum absolute atomic E-state index is 0. The van der Waals surface area contributed by atoms with E-state index in [1.54, 1.807) is 6.26 Å². The van der Waals surface area contributed by atoms with E-state index in [4.69, 9.17) is 4.42 Å². The van der Waals surface area contributed by atoms with Crippen molar-refractivity contribution in [3.8, 4) is 0 Å². The number of halogens is 4. The highest BCUT2D eigenvalue weighted by Crippen LogP contribution is 2.30. The van der Waals surface area contributed by atoms with Crippen LogP contribution in [0.25, 0.3) is 0 Å². The van der Waals surface area contributed by atoms with Crippen molar-refractivity contribution in [3.05, 3.63) is 40.2 Å². The standard InChI is InChI=1S/C16H21F3N4OS.HI/c1-2-3-7-20-15(21-8-6-12-5-4-9-24-12)22-10-14-23-13(11-25-14)16(17,18)19;/h4-5,9,11H,2-3,6-8,10H2,1H3,(H2,20,21,22);1H. The van der Waals surface area contributed by atoms with Gasteiger partial charge in [-0.2, -0.15) is 13.2 Å². The van der Waals surface area contributed by atoms with Gasteiger partial charge in [0.15, 0.2) is 11.7 Å². The lowest BCUT2D eigenvalue weighted by molar-refractivity contribution is -0.140. The Morgan fingerprint density at radius 1 is 1.31 bits per heavy atom. The Hall–Kier alpha value is -1.30. The van der Waals surface area contributed by atoms with Gasteiger partial charge in [0.25, 0.3) is 0 Å². The summed E-state index contributed by atoms with van der Waals surface area (Å²) in [5.74, 6) is 1.42. The number of nitrogens with one attached hydrogen (secondary N) is 2. The van der Waals surface area contributed by atoms with Crippen LogP contribution in [-0.2, 0) is 19.1 Å². The maximum absolute atomic E-state index is 12.6. The second-order valence-electron chi connectivity index (χ2n) is 5.33. The predicted octanol–water partition coefficient (Wildman–Crippen LogP) is 4.45. The lowest BCUT2D eigenvalue weighted by Crippen LogP contribution is -2.38. The number of aromatic nitrogens is 1. The molecule has 0 fully saturated rings. The van der Waals surface area contributed by atoms with E-state index >= 15 is 0 Å². The Morgan fingerprint density at radius 3 is 2.69 bits per heavy atom. The third-order valence-electron chi connectivity index (χ3n) is 3.28. The minimum atomic E-state index is -4.41. The van der Waals surface area contributed by atoms with Crippen molar-refractivity contribution < 1.29 is 17.6 Å². The summed E-state index contributed by atoms with van der Waals surface area (Å²) >= 11 is 0.960. The number of unbranched alkanes of at least 4 members (excludes halogenated alkanes) is 1. The summed E-state index contributed by atoms with van der Waals surface area (Å²) in [5.41, 5.74) is -0.867. The van der Waals surface area contributed by atoms with Crippen LogP contribution in [0.15, 0.2) is 33.2 Å². The monoisotopic (exact) mass is 502 g/mol. The van der Waals surface area contributed by atoms with Crippen LogP contribution >= 0.6 is 35.3 Å². The fourth-order valence-electron chi connectivity index (χ4n) is 1.98. The Kier molecular flexibility index (Phi) is 9.99. The van der Waals surface area contributed by atoms with Crippen LogP contribution in [0.2, 0.25) is 0 Å². The molecule has 0 aliphatic heterocycles. The number of hydrogen-bond acceptors (Lipinski definition) is 4. The van der Waals surface area contributed by atoms with Gasteiger partial charge in [-0.3, -0.25) is 0 Å². The third kappa shape index (κ3) is 7.94. The molecular weight excluding hydrogens is 480 g/mol. The number of guanidine groups is 1. The summed E-state index contributed by atoms with van der Waals surface area (Å²) in [7, 11) is 0. The van der Waals surface area contributed by atoms with Crippen LogP contribution in [0, 0.1) is 0 Å². The Labute approximate surface area is 171 Å². The molecule has 0 aliphatic carbocycles. The molecular formula is C16H22F3IN4OS. The summed E-state index contributed by atoms with van der Waals surface area (Å²) in [4.78, 5) is 7.91. The van der Waals surface area contributed by atoms with Crippen molar-refractivity contribution >= 4 is 41.3 Å². The molecule has 0 saturated heterocycles. The van der Waals surface area contributed by atoms with E-state index in [1.807, 2.05) is 12.1 Å². The Bertz CT molecular complexity index is 659. The zero-order valence-electron chi connectivity index (χ0n) is 14.3. The first kappa shape index (κ1) is 22.7. The van der Waals surface area contributed by atoms with Crippen molar-refractivity contribution in [2.75, 3.05) is 13.1 Å². The van der Waals surface area contributed by atoms with E-state index in [0.717, 1.165) is 41.9 Å². The number of nitrogens with zero attached hydrogens (tertiary/aromatic N) is 2. The molecule has 5 nitrogen and oxygen atoms in total. The molecule has 0 saturated carbocycles. The summed E-state index contributed by atoms with van der Waals surface area (Å²) in [6, 6.07) is 3.71. The molecule has 26 heavy (non-hydrogen) atoms. The first-order chi connectivity index (χ1) is 12.0. The van der Waals surface area contributed by atoms with E-state index in [-0.39, 0.29) is 30.5 Å². The van der Waals surface area contributed by atoms with Gasteiger partial charge in [-0.25, -0.2) is 9.98 Å². The number of furan rings is 1. The van der Waals surface area contributed by atoms with Crippen LogP contribution in [0.5, 0.6) is 0 Å². The number of rotatable bonds is 8. The third-order valence-corrected chi connectivity index (χ3v) is 4.11. The topological polar surface area (TPSA) is 62.5 Å². The highest BCUT2D eigenvalue weighted by atomic mass is 127. The van der Waals surface area contributed by atoms with Crippen molar-refractivity contribution in [2.45, 2.75) is 38.9 Å². The molecule has 0 atom stereocenters. The van der Waals surface area contributed by atoms with Crippen LogP contribution < -0.4 is 10.6 Å². The summed E-state index contributed by atoms with van der Waals surface area (Å²) in [6.07, 6.45) is -0.0914. The predicted molar refractivity (Wildman–Crippen MR) is 107 cm³/mol. The Morgan fingerprint density at radius 2 is 2.08 bits per heavy atom. The van der Waals surface area contributed by atoms with Crippen molar-refractivity contribution in [3.63, 3.8) is 0 Å². The highest BCUT2D eigenvalue weighted by molar-refractivity contribution is 14.0. The first-order valence-electron chi connectivity index (χ1n) is 8.05. The zero-order chi connectivity index (χ0) is 18.1. The van der Waals surface area contributed by atoms with Crippen LogP contribution in [-0.4, -0.2) is 24.0 Å². The molecule has 0 amide bonds. The highest BCUT2D eigenvalue weighted by Gasteiger charge is 2.33. The molecule has 2 aromatic heterocycles. The molecule has 2 heterocycles. The maximum atomic E-state index is 12.6. The summed E-state index contributed by atoms with van der Waals surface area (Å²) < 4.78 is 43.0. The largest absolute Gasteiger partial charge is 0.469 e. The van der Waals surface area contributed by atoms with Crippen molar-refractivity contribution in [1.82, 2.24) is 15.6 Å². The minimum Gasteiger partial charge on any atom is -0.469 e. The Balaban J connectivity index is 0.00000338. The molecule has 10 heteroatoms. The molecule has 2 rings (SSSR count). The van der Waals surface area contributed by atoms with Crippen LogP contribution in [0.3, 0.4) is 0 Å². The fourth-order valence-corrected chi connectivity index (χ4v) is 2.70. The number of thiazole rings is 1.